The van der Waals surface area contributed by atoms with Crippen molar-refractivity contribution in [1.29, 1.82) is 0 Å². The van der Waals surface area contributed by atoms with Gasteiger partial charge in [-0.15, -0.1) is 0 Å². The molecular formula is C22H20FN3O3S. The lowest BCUT2D eigenvalue weighted by Gasteiger charge is -2.07. The van der Waals surface area contributed by atoms with Gasteiger partial charge >= 0.3 is 10.1 Å². The molecule has 2 aromatic heterocycles. The minimum atomic E-state index is -3.60. The van der Waals surface area contributed by atoms with Crippen molar-refractivity contribution < 1.29 is 17.0 Å². The smallest absolute Gasteiger partial charge is 0.306 e. The number of benzene rings is 2. The summed E-state index contributed by atoms with van der Waals surface area (Å²) in [5.41, 5.74) is 3.76. The topological polar surface area (TPSA) is 84.9 Å². The van der Waals surface area contributed by atoms with Crippen LogP contribution >= 0.6 is 0 Å². The third-order valence-electron chi connectivity index (χ3n) is 4.60. The Labute approximate surface area is 173 Å². The molecule has 0 amide bonds. The van der Waals surface area contributed by atoms with Crippen molar-refractivity contribution in [3.05, 3.63) is 88.9 Å². The molecule has 2 heterocycles. The molecule has 0 aliphatic carbocycles. The quantitative estimate of drug-likeness (QED) is 0.473. The zero-order chi connectivity index (χ0) is 21.3. The average Bonchev–Trinajstić information content (AvgIpc) is 3.05. The van der Waals surface area contributed by atoms with Crippen LogP contribution in [0.1, 0.15) is 28.3 Å². The largest absolute Gasteiger partial charge is 0.383 e. The molecule has 0 atom stereocenters. The zero-order valence-corrected chi connectivity index (χ0v) is 17.3. The van der Waals surface area contributed by atoms with Gasteiger partial charge in [0.25, 0.3) is 0 Å². The van der Waals surface area contributed by atoms with E-state index in [1.165, 1.54) is 0 Å². The highest BCUT2D eigenvalue weighted by atomic mass is 32.2. The van der Waals surface area contributed by atoms with Crippen molar-refractivity contribution >= 4 is 21.0 Å². The number of hydrogen-bond donors (Lipinski definition) is 1. The van der Waals surface area contributed by atoms with Gasteiger partial charge in [-0.25, -0.2) is 14.4 Å². The van der Waals surface area contributed by atoms with E-state index in [9.17, 15) is 12.8 Å². The van der Waals surface area contributed by atoms with Gasteiger partial charge in [0.2, 0.25) is 0 Å². The van der Waals surface area contributed by atoms with Gasteiger partial charge in [-0.05, 0) is 48.4 Å². The summed E-state index contributed by atoms with van der Waals surface area (Å²) in [6.07, 6.45) is 3.38. The van der Waals surface area contributed by atoms with E-state index in [0.717, 1.165) is 23.0 Å². The van der Waals surface area contributed by atoms with Gasteiger partial charge in [-0.3, -0.25) is 0 Å². The molecule has 0 bridgehead atoms. The number of aromatic nitrogens is 3. The summed E-state index contributed by atoms with van der Waals surface area (Å²) in [4.78, 5) is 12.0. The van der Waals surface area contributed by atoms with E-state index in [1.54, 1.807) is 42.6 Å². The summed E-state index contributed by atoms with van der Waals surface area (Å²) >= 11 is 0. The molecule has 1 N–H and O–H groups in total. The highest BCUT2D eigenvalue weighted by molar-refractivity contribution is 7.86. The van der Waals surface area contributed by atoms with Crippen LogP contribution in [0.2, 0.25) is 0 Å². The zero-order valence-electron chi connectivity index (χ0n) is 16.5. The van der Waals surface area contributed by atoms with Crippen molar-refractivity contribution in [3.8, 4) is 5.75 Å². The average molecular weight is 425 g/mol. The van der Waals surface area contributed by atoms with Crippen LogP contribution in [-0.2, 0) is 23.0 Å². The summed E-state index contributed by atoms with van der Waals surface area (Å²) < 4.78 is 42.4. The normalized spacial score (nSPS) is 11.7. The van der Waals surface area contributed by atoms with E-state index in [0.29, 0.717) is 35.3 Å². The molecule has 2 aromatic carbocycles. The molecule has 0 saturated heterocycles. The molecule has 4 rings (SSSR count). The van der Waals surface area contributed by atoms with Crippen LogP contribution in [-0.4, -0.2) is 29.6 Å². The molecule has 0 unspecified atom stereocenters. The number of halogens is 1. The number of H-pyrrole nitrogens is 1. The number of nitrogens with zero attached hydrogens (tertiary/aromatic N) is 2. The summed E-state index contributed by atoms with van der Waals surface area (Å²) in [5.74, 6) is 0.550. The van der Waals surface area contributed by atoms with Gasteiger partial charge in [0.1, 0.15) is 17.4 Å². The van der Waals surface area contributed by atoms with E-state index in [4.69, 9.17) is 4.18 Å². The van der Waals surface area contributed by atoms with Crippen molar-refractivity contribution in [2.75, 3.05) is 6.26 Å². The lowest BCUT2D eigenvalue weighted by Crippen LogP contribution is -2.06. The Kier molecular flexibility index (Phi) is 5.26. The summed E-state index contributed by atoms with van der Waals surface area (Å²) in [7, 11) is -3.60. The van der Waals surface area contributed by atoms with Crippen molar-refractivity contribution in [1.82, 2.24) is 15.0 Å². The summed E-state index contributed by atoms with van der Waals surface area (Å²) in [6, 6.07) is 14.0. The molecule has 0 radical (unpaired) electrons. The van der Waals surface area contributed by atoms with Crippen LogP contribution in [0.4, 0.5) is 4.39 Å². The Morgan fingerprint density at radius 2 is 1.93 bits per heavy atom. The first kappa shape index (κ1) is 20.0. The SMILES string of the molecule is Cc1cc2c(F)c(Cc3ccnc(Cc4cccc(OS(C)(=O)=O)c4)n3)ccc2[nH]1. The first-order valence-electron chi connectivity index (χ1n) is 9.33. The Balaban J connectivity index is 1.55. The number of rotatable bonds is 6. The Hall–Kier alpha value is -3.26. The maximum Gasteiger partial charge on any atom is 0.306 e. The molecule has 8 heteroatoms. The van der Waals surface area contributed by atoms with Gasteiger partial charge in [-0.1, -0.05) is 18.2 Å². The Morgan fingerprint density at radius 3 is 2.73 bits per heavy atom. The van der Waals surface area contributed by atoms with Gasteiger partial charge in [-0.2, -0.15) is 8.42 Å². The van der Waals surface area contributed by atoms with Crippen LogP contribution in [0.3, 0.4) is 0 Å². The molecule has 30 heavy (non-hydrogen) atoms. The standard InChI is InChI=1S/C22H20FN3O3S/c1-14-10-19-20(25-14)7-6-16(22(19)23)13-17-8-9-24-21(26-17)12-15-4-3-5-18(11-15)29-30(2,27)28/h3-11,25H,12-13H2,1-2H3. The summed E-state index contributed by atoms with van der Waals surface area (Å²) in [6.45, 7) is 1.89. The molecule has 0 fully saturated rings. The minimum Gasteiger partial charge on any atom is -0.383 e. The number of hydrogen-bond acceptors (Lipinski definition) is 5. The fourth-order valence-electron chi connectivity index (χ4n) is 3.37. The van der Waals surface area contributed by atoms with Crippen molar-refractivity contribution in [2.45, 2.75) is 19.8 Å². The molecule has 4 aromatic rings. The second kappa shape index (κ2) is 7.87. The van der Waals surface area contributed by atoms with E-state index >= 15 is 0 Å². The van der Waals surface area contributed by atoms with Crippen LogP contribution < -0.4 is 4.18 Å². The Bertz CT molecular complexity index is 1330. The third kappa shape index (κ3) is 4.65. The highest BCUT2D eigenvalue weighted by Crippen LogP contribution is 2.23. The van der Waals surface area contributed by atoms with Gasteiger partial charge in [0, 0.05) is 41.3 Å². The number of fused-ring (bicyclic) bond motifs is 1. The highest BCUT2D eigenvalue weighted by Gasteiger charge is 2.12. The molecule has 154 valence electrons. The molecule has 0 saturated carbocycles. The molecule has 0 spiro atoms. The Morgan fingerprint density at radius 1 is 1.10 bits per heavy atom. The first-order chi connectivity index (χ1) is 14.3. The maximum absolute atomic E-state index is 14.9. The third-order valence-corrected chi connectivity index (χ3v) is 5.09. The van der Waals surface area contributed by atoms with E-state index in [1.807, 2.05) is 19.1 Å². The van der Waals surface area contributed by atoms with Gasteiger partial charge in [0.15, 0.2) is 0 Å². The minimum absolute atomic E-state index is 0.239. The van der Waals surface area contributed by atoms with Gasteiger partial charge in [0.05, 0.1) is 6.26 Å². The monoisotopic (exact) mass is 425 g/mol. The molecule has 6 nitrogen and oxygen atoms in total. The molecule has 0 aliphatic heterocycles. The lowest BCUT2D eigenvalue weighted by atomic mass is 10.1. The van der Waals surface area contributed by atoms with E-state index < -0.39 is 10.1 Å². The van der Waals surface area contributed by atoms with Crippen LogP contribution in [0, 0.1) is 12.7 Å². The predicted octanol–water partition coefficient (Wildman–Crippen LogP) is 3.93. The first-order valence-corrected chi connectivity index (χ1v) is 11.1. The summed E-state index contributed by atoms with van der Waals surface area (Å²) in [5, 5.41) is 0.571. The number of aryl methyl sites for hydroxylation is 1. The lowest BCUT2D eigenvalue weighted by molar-refractivity contribution is 0.492. The number of aromatic amines is 1. The van der Waals surface area contributed by atoms with Crippen LogP contribution in [0.15, 0.2) is 54.7 Å². The van der Waals surface area contributed by atoms with Crippen LogP contribution in [0.25, 0.3) is 10.9 Å². The van der Waals surface area contributed by atoms with Crippen molar-refractivity contribution in [2.24, 2.45) is 0 Å². The van der Waals surface area contributed by atoms with E-state index in [2.05, 4.69) is 15.0 Å². The van der Waals surface area contributed by atoms with E-state index in [-0.39, 0.29) is 11.6 Å². The predicted molar refractivity (Wildman–Crippen MR) is 113 cm³/mol. The fourth-order valence-corrected chi connectivity index (χ4v) is 3.83. The van der Waals surface area contributed by atoms with Crippen molar-refractivity contribution in [3.63, 3.8) is 0 Å². The van der Waals surface area contributed by atoms with Crippen LogP contribution in [0.5, 0.6) is 5.75 Å². The molecule has 0 aliphatic rings. The fraction of sp³-hybridized carbons (Fsp3) is 0.182. The second-order valence-corrected chi connectivity index (χ2v) is 8.78. The number of nitrogens with one attached hydrogen (secondary N) is 1. The maximum atomic E-state index is 14.9. The van der Waals surface area contributed by atoms with Gasteiger partial charge < -0.3 is 9.17 Å². The molecular weight excluding hydrogens is 405 g/mol. The second-order valence-electron chi connectivity index (χ2n) is 7.20.